The van der Waals surface area contributed by atoms with Crippen LogP contribution in [0.3, 0.4) is 0 Å². The lowest BCUT2D eigenvalue weighted by molar-refractivity contribution is 0.176. The molecule has 0 aliphatic carbocycles. The number of aromatic nitrogens is 1. The first kappa shape index (κ1) is 10.3. The smallest absolute Gasteiger partial charge is 0.0794 e. The van der Waals surface area contributed by atoms with Crippen molar-refractivity contribution in [3.05, 3.63) is 52.5 Å². The Bertz CT molecular complexity index is 385. The molecule has 1 heterocycles. The molecule has 15 heavy (non-hydrogen) atoms. The van der Waals surface area contributed by atoms with Crippen molar-refractivity contribution < 1.29 is 5.11 Å². The molecule has 1 aromatic heterocycles. The van der Waals surface area contributed by atoms with Gasteiger partial charge in [-0.15, -0.1) is 11.3 Å². The number of hydrogen-bond acceptors (Lipinski definition) is 3. The summed E-state index contributed by atoms with van der Waals surface area (Å²) in [6, 6.07) is 10.0. The van der Waals surface area contributed by atoms with Gasteiger partial charge in [-0.2, -0.15) is 0 Å². The van der Waals surface area contributed by atoms with Gasteiger partial charge < -0.3 is 5.11 Å². The van der Waals surface area contributed by atoms with Gasteiger partial charge in [0.15, 0.2) is 0 Å². The minimum absolute atomic E-state index is 0.312. The number of aliphatic hydroxyl groups is 1. The van der Waals surface area contributed by atoms with Gasteiger partial charge in [0.05, 0.1) is 11.6 Å². The maximum Gasteiger partial charge on any atom is 0.0794 e. The Kier molecular flexibility index (Phi) is 3.48. The number of thiazole rings is 1. The molecule has 0 aliphatic rings. The molecule has 78 valence electrons. The summed E-state index contributed by atoms with van der Waals surface area (Å²) in [6.45, 7) is 0. The molecule has 1 N–H and O–H groups in total. The Hall–Kier alpha value is -1.19. The molecule has 1 atom stereocenters. The lowest BCUT2D eigenvalue weighted by Gasteiger charge is -2.08. The van der Waals surface area contributed by atoms with Crippen molar-refractivity contribution in [3.8, 4) is 0 Å². The predicted molar refractivity (Wildman–Crippen MR) is 62.0 cm³/mol. The van der Waals surface area contributed by atoms with Crippen LogP contribution in [0.5, 0.6) is 0 Å². The molecule has 0 spiro atoms. The van der Waals surface area contributed by atoms with Gasteiger partial charge in [0, 0.05) is 17.5 Å². The summed E-state index contributed by atoms with van der Waals surface area (Å²) in [7, 11) is 0. The van der Waals surface area contributed by atoms with E-state index in [4.69, 9.17) is 0 Å². The second-order valence-corrected chi connectivity index (χ2v) is 4.49. The average Bonchev–Trinajstić information content (AvgIpc) is 2.71. The van der Waals surface area contributed by atoms with E-state index in [2.05, 4.69) is 4.98 Å². The van der Waals surface area contributed by atoms with Gasteiger partial charge in [0.25, 0.3) is 0 Å². The second kappa shape index (κ2) is 5.05. The quantitative estimate of drug-likeness (QED) is 0.856. The molecule has 3 heteroatoms. The van der Waals surface area contributed by atoms with Crippen molar-refractivity contribution in [1.82, 2.24) is 4.98 Å². The third-order valence-electron chi connectivity index (χ3n) is 2.23. The van der Waals surface area contributed by atoms with E-state index in [0.717, 1.165) is 4.88 Å². The average molecular weight is 219 g/mol. The van der Waals surface area contributed by atoms with Gasteiger partial charge in [-0.05, 0) is 12.0 Å². The van der Waals surface area contributed by atoms with Crippen LogP contribution in [0, 0.1) is 0 Å². The molecule has 1 aromatic carbocycles. The van der Waals surface area contributed by atoms with E-state index in [9.17, 15) is 5.11 Å². The van der Waals surface area contributed by atoms with Crippen LogP contribution in [0.15, 0.2) is 42.0 Å². The molecule has 0 saturated carbocycles. The number of rotatable bonds is 4. The van der Waals surface area contributed by atoms with E-state index in [0.29, 0.717) is 12.8 Å². The summed E-state index contributed by atoms with van der Waals surface area (Å²) < 4.78 is 0. The van der Waals surface area contributed by atoms with Crippen molar-refractivity contribution in [2.24, 2.45) is 0 Å². The Labute approximate surface area is 93.2 Å². The van der Waals surface area contributed by atoms with E-state index in [1.165, 1.54) is 5.56 Å². The molecular weight excluding hydrogens is 206 g/mol. The Morgan fingerprint density at radius 3 is 2.67 bits per heavy atom. The first-order valence-electron chi connectivity index (χ1n) is 4.94. The minimum Gasteiger partial charge on any atom is -0.392 e. The summed E-state index contributed by atoms with van der Waals surface area (Å²) in [4.78, 5) is 5.13. The Morgan fingerprint density at radius 2 is 2.00 bits per heavy atom. The number of benzene rings is 1. The Morgan fingerprint density at radius 1 is 1.20 bits per heavy atom. The molecule has 2 rings (SSSR count). The maximum atomic E-state index is 9.85. The summed E-state index contributed by atoms with van der Waals surface area (Å²) in [5.41, 5.74) is 2.97. The zero-order valence-corrected chi connectivity index (χ0v) is 9.15. The standard InChI is InChI=1S/C12H13NOS/c14-11(7-12-8-13-9-15-12)6-10-4-2-1-3-5-10/h1-5,8-9,11,14H,6-7H2. The van der Waals surface area contributed by atoms with Crippen LogP contribution in [0.25, 0.3) is 0 Å². The number of nitrogens with zero attached hydrogens (tertiary/aromatic N) is 1. The fraction of sp³-hybridized carbons (Fsp3) is 0.250. The van der Waals surface area contributed by atoms with Crippen molar-refractivity contribution in [2.45, 2.75) is 18.9 Å². The normalized spacial score (nSPS) is 12.6. The van der Waals surface area contributed by atoms with Gasteiger partial charge in [-0.3, -0.25) is 4.98 Å². The van der Waals surface area contributed by atoms with Crippen LogP contribution < -0.4 is 0 Å². The van der Waals surface area contributed by atoms with Crippen LogP contribution in [0.1, 0.15) is 10.4 Å². The van der Waals surface area contributed by atoms with Crippen molar-refractivity contribution in [1.29, 1.82) is 0 Å². The van der Waals surface area contributed by atoms with Crippen LogP contribution >= 0.6 is 11.3 Å². The van der Waals surface area contributed by atoms with Gasteiger partial charge >= 0.3 is 0 Å². The van der Waals surface area contributed by atoms with Crippen LogP contribution in [-0.2, 0) is 12.8 Å². The SMILES string of the molecule is OC(Cc1ccccc1)Cc1cncs1. The van der Waals surface area contributed by atoms with Crippen molar-refractivity contribution >= 4 is 11.3 Å². The summed E-state index contributed by atoms with van der Waals surface area (Å²) in [5.74, 6) is 0. The van der Waals surface area contributed by atoms with Crippen molar-refractivity contribution in [2.75, 3.05) is 0 Å². The molecule has 2 nitrogen and oxygen atoms in total. The first-order chi connectivity index (χ1) is 7.34. The highest BCUT2D eigenvalue weighted by molar-refractivity contribution is 7.09. The van der Waals surface area contributed by atoms with Gasteiger partial charge in [0.2, 0.25) is 0 Å². The second-order valence-electron chi connectivity index (χ2n) is 3.52. The molecule has 0 amide bonds. The van der Waals surface area contributed by atoms with E-state index in [-0.39, 0.29) is 6.10 Å². The zero-order chi connectivity index (χ0) is 10.5. The molecule has 0 saturated heterocycles. The van der Waals surface area contributed by atoms with E-state index >= 15 is 0 Å². The molecule has 2 aromatic rings. The molecule has 0 radical (unpaired) electrons. The monoisotopic (exact) mass is 219 g/mol. The maximum absolute atomic E-state index is 9.85. The fourth-order valence-electron chi connectivity index (χ4n) is 1.53. The van der Waals surface area contributed by atoms with Crippen molar-refractivity contribution in [3.63, 3.8) is 0 Å². The summed E-state index contributed by atoms with van der Waals surface area (Å²) >= 11 is 1.59. The largest absolute Gasteiger partial charge is 0.392 e. The zero-order valence-electron chi connectivity index (χ0n) is 8.34. The molecular formula is C12H13NOS. The lowest BCUT2D eigenvalue weighted by Crippen LogP contribution is -2.12. The topological polar surface area (TPSA) is 33.1 Å². The first-order valence-corrected chi connectivity index (χ1v) is 5.82. The third-order valence-corrected chi connectivity index (χ3v) is 3.04. The molecule has 0 aliphatic heterocycles. The minimum atomic E-state index is -0.312. The van der Waals surface area contributed by atoms with E-state index in [1.54, 1.807) is 16.8 Å². The van der Waals surface area contributed by atoms with Crippen LogP contribution in [-0.4, -0.2) is 16.2 Å². The predicted octanol–water partition coefficient (Wildman–Crippen LogP) is 2.29. The highest BCUT2D eigenvalue weighted by Gasteiger charge is 2.07. The molecule has 0 bridgehead atoms. The fourth-order valence-corrected chi connectivity index (χ4v) is 2.20. The van der Waals surface area contributed by atoms with Crippen LogP contribution in [0.2, 0.25) is 0 Å². The third kappa shape index (κ3) is 3.15. The molecule has 1 unspecified atom stereocenters. The number of aliphatic hydroxyl groups excluding tert-OH is 1. The summed E-state index contributed by atoms with van der Waals surface area (Å²) in [6.07, 6.45) is 2.91. The van der Waals surface area contributed by atoms with Gasteiger partial charge in [-0.25, -0.2) is 0 Å². The van der Waals surface area contributed by atoms with Gasteiger partial charge in [0.1, 0.15) is 0 Å². The van der Waals surface area contributed by atoms with Crippen LogP contribution in [0.4, 0.5) is 0 Å². The number of hydrogen-bond donors (Lipinski definition) is 1. The van der Waals surface area contributed by atoms with E-state index < -0.39 is 0 Å². The lowest BCUT2D eigenvalue weighted by atomic mass is 10.1. The van der Waals surface area contributed by atoms with Gasteiger partial charge in [-0.1, -0.05) is 30.3 Å². The van der Waals surface area contributed by atoms with E-state index in [1.807, 2.05) is 36.5 Å². The molecule has 0 fully saturated rings. The highest BCUT2D eigenvalue weighted by atomic mass is 32.1. The highest BCUT2D eigenvalue weighted by Crippen LogP contribution is 2.11. The summed E-state index contributed by atoms with van der Waals surface area (Å²) in [5, 5.41) is 9.85. The Balaban J connectivity index is 1.90.